The number of halogens is 1. The Hall–Kier alpha value is -2.67. The fraction of sp³-hybridized carbons (Fsp3) is 0.300. The van der Waals surface area contributed by atoms with Crippen molar-refractivity contribution in [1.29, 1.82) is 5.26 Å². The molecular formula is C20H20IN5O2. The second-order valence-electron chi connectivity index (χ2n) is 6.37. The average molecular weight is 489 g/mol. The molecule has 0 bridgehead atoms. The maximum absolute atomic E-state index is 12.6. The molecule has 1 aromatic heterocycles. The molecule has 0 atom stereocenters. The fourth-order valence-corrected chi connectivity index (χ4v) is 3.76. The quantitative estimate of drug-likeness (QED) is 0.665. The Balaban J connectivity index is 1.57. The van der Waals surface area contributed by atoms with Gasteiger partial charge in [-0.3, -0.25) is 9.59 Å². The molecule has 0 aliphatic carbocycles. The van der Waals surface area contributed by atoms with Gasteiger partial charge >= 0.3 is 0 Å². The lowest BCUT2D eigenvalue weighted by Gasteiger charge is -2.23. The zero-order valence-electron chi connectivity index (χ0n) is 15.3. The lowest BCUT2D eigenvalue weighted by molar-refractivity contribution is -0.129. The molecule has 28 heavy (non-hydrogen) atoms. The van der Waals surface area contributed by atoms with Gasteiger partial charge in [0.25, 0.3) is 5.91 Å². The van der Waals surface area contributed by atoms with Crippen molar-refractivity contribution < 1.29 is 9.59 Å². The minimum atomic E-state index is -0.248. The van der Waals surface area contributed by atoms with E-state index in [2.05, 4.69) is 39.0 Å². The molecule has 1 aliphatic heterocycles. The van der Waals surface area contributed by atoms with Gasteiger partial charge in [-0.1, -0.05) is 12.1 Å². The maximum Gasteiger partial charge on any atom is 0.252 e. The van der Waals surface area contributed by atoms with Crippen molar-refractivity contribution >= 4 is 40.2 Å². The van der Waals surface area contributed by atoms with Crippen LogP contribution in [0.25, 0.3) is 0 Å². The number of nitrogens with zero attached hydrogens (tertiary/aromatic N) is 4. The van der Waals surface area contributed by atoms with Crippen LogP contribution in [0.4, 0.5) is 5.82 Å². The van der Waals surface area contributed by atoms with E-state index in [4.69, 9.17) is 0 Å². The summed E-state index contributed by atoms with van der Waals surface area (Å²) in [5.41, 5.74) is 1.10. The van der Waals surface area contributed by atoms with Gasteiger partial charge in [0.05, 0.1) is 17.7 Å². The van der Waals surface area contributed by atoms with Gasteiger partial charge in [0.2, 0.25) is 5.91 Å². The predicted molar refractivity (Wildman–Crippen MR) is 114 cm³/mol. The number of hydrogen-bond donors (Lipinski definition) is 1. The number of hydrogen-bond acceptors (Lipinski definition) is 5. The predicted octanol–water partition coefficient (Wildman–Crippen LogP) is 2.03. The SMILES string of the molecule is N#Cc1cccnc1N1CCCN(C(=O)CNC(=O)c2ccccc2I)CC1. The third-order valence-corrected chi connectivity index (χ3v) is 5.51. The van der Waals surface area contributed by atoms with Crippen molar-refractivity contribution in [2.45, 2.75) is 6.42 Å². The van der Waals surface area contributed by atoms with E-state index < -0.39 is 0 Å². The van der Waals surface area contributed by atoms with E-state index in [1.54, 1.807) is 35.4 Å². The van der Waals surface area contributed by atoms with Crippen LogP contribution in [0.1, 0.15) is 22.3 Å². The molecule has 2 aromatic rings. The molecule has 1 N–H and O–H groups in total. The highest BCUT2D eigenvalue weighted by Crippen LogP contribution is 2.18. The monoisotopic (exact) mass is 489 g/mol. The highest BCUT2D eigenvalue weighted by molar-refractivity contribution is 14.1. The van der Waals surface area contributed by atoms with Crippen LogP contribution in [-0.2, 0) is 4.79 Å². The lowest BCUT2D eigenvalue weighted by atomic mass is 10.2. The first-order valence-corrected chi connectivity index (χ1v) is 10.1. The third-order valence-electron chi connectivity index (χ3n) is 4.57. The van der Waals surface area contributed by atoms with Crippen molar-refractivity contribution in [3.63, 3.8) is 0 Å². The van der Waals surface area contributed by atoms with Gasteiger partial charge < -0.3 is 15.1 Å². The number of carbonyl (C=O) groups excluding carboxylic acids is 2. The van der Waals surface area contributed by atoms with Gasteiger partial charge in [-0.2, -0.15) is 5.26 Å². The average Bonchev–Trinajstić information content (AvgIpc) is 2.98. The summed E-state index contributed by atoms with van der Waals surface area (Å²) in [6, 6.07) is 12.9. The van der Waals surface area contributed by atoms with Crippen molar-refractivity contribution in [1.82, 2.24) is 15.2 Å². The number of pyridine rings is 1. The number of benzene rings is 1. The van der Waals surface area contributed by atoms with Crippen LogP contribution >= 0.6 is 22.6 Å². The molecule has 0 spiro atoms. The van der Waals surface area contributed by atoms with Crippen molar-refractivity contribution in [3.05, 3.63) is 57.3 Å². The summed E-state index contributed by atoms with van der Waals surface area (Å²) in [5, 5.41) is 12.0. The van der Waals surface area contributed by atoms with Crippen LogP contribution in [0.3, 0.4) is 0 Å². The van der Waals surface area contributed by atoms with Crippen LogP contribution in [0.2, 0.25) is 0 Å². The highest BCUT2D eigenvalue weighted by Gasteiger charge is 2.22. The second-order valence-corrected chi connectivity index (χ2v) is 7.53. The summed E-state index contributed by atoms with van der Waals surface area (Å²) in [4.78, 5) is 33.0. The molecule has 144 valence electrons. The Morgan fingerprint density at radius 2 is 1.96 bits per heavy atom. The molecule has 1 aliphatic rings. The molecule has 8 heteroatoms. The van der Waals surface area contributed by atoms with Gasteiger partial charge in [-0.15, -0.1) is 0 Å². The minimum absolute atomic E-state index is 0.0309. The topological polar surface area (TPSA) is 89.3 Å². The minimum Gasteiger partial charge on any atom is -0.354 e. The molecule has 2 amide bonds. The number of carbonyl (C=O) groups is 2. The molecular weight excluding hydrogens is 469 g/mol. The Morgan fingerprint density at radius 1 is 1.14 bits per heavy atom. The molecule has 1 aromatic carbocycles. The zero-order valence-corrected chi connectivity index (χ0v) is 17.4. The molecule has 0 radical (unpaired) electrons. The Kier molecular flexibility index (Phi) is 6.81. The van der Waals surface area contributed by atoms with Crippen LogP contribution in [-0.4, -0.2) is 54.4 Å². The summed E-state index contributed by atoms with van der Waals surface area (Å²) >= 11 is 2.10. The van der Waals surface area contributed by atoms with E-state index >= 15 is 0 Å². The second kappa shape index (κ2) is 9.50. The van der Waals surface area contributed by atoms with Gasteiger partial charge in [-0.25, -0.2) is 4.98 Å². The summed E-state index contributed by atoms with van der Waals surface area (Å²) in [5.74, 6) is 0.302. The smallest absolute Gasteiger partial charge is 0.252 e. The Labute approximate surface area is 177 Å². The highest BCUT2D eigenvalue weighted by atomic mass is 127. The number of aromatic nitrogens is 1. The third kappa shape index (κ3) is 4.78. The molecule has 0 unspecified atom stereocenters. The Bertz CT molecular complexity index is 911. The van der Waals surface area contributed by atoms with Gasteiger partial charge in [0.1, 0.15) is 11.9 Å². The number of anilines is 1. The van der Waals surface area contributed by atoms with Gasteiger partial charge in [0.15, 0.2) is 0 Å². The van der Waals surface area contributed by atoms with E-state index in [-0.39, 0.29) is 18.4 Å². The molecule has 7 nitrogen and oxygen atoms in total. The zero-order chi connectivity index (χ0) is 19.9. The summed E-state index contributed by atoms with van der Waals surface area (Å²) in [6.45, 7) is 2.44. The van der Waals surface area contributed by atoms with Gasteiger partial charge in [0, 0.05) is 35.9 Å². The molecule has 3 rings (SSSR count). The van der Waals surface area contributed by atoms with E-state index in [9.17, 15) is 14.9 Å². The van der Waals surface area contributed by atoms with Crippen LogP contribution in [0.5, 0.6) is 0 Å². The van der Waals surface area contributed by atoms with Crippen LogP contribution < -0.4 is 10.2 Å². The number of nitrogens with one attached hydrogen (secondary N) is 1. The first-order valence-electron chi connectivity index (χ1n) is 9.00. The fourth-order valence-electron chi connectivity index (χ4n) is 3.12. The summed E-state index contributed by atoms with van der Waals surface area (Å²) < 4.78 is 0.846. The standard InChI is InChI=1S/C20H20IN5O2/c21-17-7-2-1-6-16(17)20(28)24-14-18(27)25-9-4-10-26(12-11-25)19-15(13-22)5-3-8-23-19/h1-3,5-8H,4,9-12,14H2,(H,24,28). The molecule has 1 fully saturated rings. The maximum atomic E-state index is 12.6. The number of nitriles is 1. The molecule has 1 saturated heterocycles. The van der Waals surface area contributed by atoms with E-state index in [0.29, 0.717) is 36.6 Å². The van der Waals surface area contributed by atoms with Crippen LogP contribution in [0.15, 0.2) is 42.6 Å². The normalized spacial score (nSPS) is 14.1. The van der Waals surface area contributed by atoms with Crippen molar-refractivity contribution in [2.24, 2.45) is 0 Å². The molecule has 2 heterocycles. The lowest BCUT2D eigenvalue weighted by Crippen LogP contribution is -2.42. The first kappa shape index (κ1) is 20.1. The van der Waals surface area contributed by atoms with Crippen LogP contribution in [0, 0.1) is 14.9 Å². The number of rotatable bonds is 4. The van der Waals surface area contributed by atoms with E-state index in [1.165, 1.54) is 0 Å². The Morgan fingerprint density at radius 3 is 2.75 bits per heavy atom. The van der Waals surface area contributed by atoms with Gasteiger partial charge in [-0.05, 0) is 53.3 Å². The van der Waals surface area contributed by atoms with E-state index in [1.807, 2.05) is 17.0 Å². The first-order chi connectivity index (χ1) is 13.6. The number of amides is 2. The van der Waals surface area contributed by atoms with E-state index in [0.717, 1.165) is 16.5 Å². The van der Waals surface area contributed by atoms with Crippen molar-refractivity contribution in [2.75, 3.05) is 37.6 Å². The summed E-state index contributed by atoms with van der Waals surface area (Å²) in [6.07, 6.45) is 2.45. The largest absolute Gasteiger partial charge is 0.354 e. The van der Waals surface area contributed by atoms with Crippen molar-refractivity contribution in [3.8, 4) is 6.07 Å². The summed E-state index contributed by atoms with van der Waals surface area (Å²) in [7, 11) is 0. The molecule has 0 saturated carbocycles.